The van der Waals surface area contributed by atoms with Gasteiger partial charge in [0, 0.05) is 23.9 Å². The lowest BCUT2D eigenvalue weighted by atomic mass is 10.1. The van der Waals surface area contributed by atoms with Crippen LogP contribution in [0.3, 0.4) is 0 Å². The number of aliphatic hydroxyl groups is 1. The SMILES string of the molecule is CCCCc1nc(Cl)c(CO)n1Cc1ccc2[nH]c(C(=O)O)cc2c1. The number of halogens is 1. The van der Waals surface area contributed by atoms with E-state index in [4.69, 9.17) is 16.7 Å². The van der Waals surface area contributed by atoms with E-state index in [1.165, 1.54) is 0 Å². The number of nitrogens with one attached hydrogen (secondary N) is 1. The van der Waals surface area contributed by atoms with Crippen LogP contribution in [0.25, 0.3) is 10.9 Å². The Kier molecular flexibility index (Phi) is 5.11. The van der Waals surface area contributed by atoms with Crippen molar-refractivity contribution >= 4 is 28.5 Å². The molecule has 0 saturated carbocycles. The normalized spacial score (nSPS) is 11.3. The van der Waals surface area contributed by atoms with Gasteiger partial charge in [-0.3, -0.25) is 0 Å². The van der Waals surface area contributed by atoms with Gasteiger partial charge in [-0.1, -0.05) is 31.0 Å². The predicted molar refractivity (Wildman–Crippen MR) is 96.1 cm³/mol. The molecular weight excluding hydrogens is 342 g/mol. The average molecular weight is 362 g/mol. The second-order valence-electron chi connectivity index (χ2n) is 6.02. The Hall–Kier alpha value is -2.31. The summed E-state index contributed by atoms with van der Waals surface area (Å²) in [4.78, 5) is 18.4. The number of nitrogens with zero attached hydrogens (tertiary/aromatic N) is 2. The summed E-state index contributed by atoms with van der Waals surface area (Å²) in [5.74, 6) is -0.125. The van der Waals surface area contributed by atoms with Crippen molar-refractivity contribution in [1.82, 2.24) is 14.5 Å². The lowest BCUT2D eigenvalue weighted by Crippen LogP contribution is -2.09. The Labute approximate surface area is 150 Å². The fourth-order valence-electron chi connectivity index (χ4n) is 2.95. The van der Waals surface area contributed by atoms with E-state index in [-0.39, 0.29) is 12.3 Å². The molecule has 0 atom stereocenters. The molecule has 0 aliphatic heterocycles. The number of aliphatic hydroxyl groups excluding tert-OH is 1. The number of benzene rings is 1. The zero-order chi connectivity index (χ0) is 18.0. The van der Waals surface area contributed by atoms with Crippen LogP contribution in [0.2, 0.25) is 5.15 Å². The summed E-state index contributed by atoms with van der Waals surface area (Å²) in [7, 11) is 0. The molecule has 6 nitrogen and oxygen atoms in total. The summed E-state index contributed by atoms with van der Waals surface area (Å²) in [6, 6.07) is 7.35. The van der Waals surface area contributed by atoms with Gasteiger partial charge in [-0.15, -0.1) is 0 Å². The molecular formula is C18H20ClN3O3. The fraction of sp³-hybridized carbons (Fsp3) is 0.333. The fourth-order valence-corrected chi connectivity index (χ4v) is 3.21. The number of hydrogen-bond donors (Lipinski definition) is 3. The summed E-state index contributed by atoms with van der Waals surface area (Å²) < 4.78 is 1.95. The third-order valence-corrected chi connectivity index (χ3v) is 4.57. The number of hydrogen-bond acceptors (Lipinski definition) is 3. The van der Waals surface area contributed by atoms with Crippen molar-refractivity contribution in [2.75, 3.05) is 0 Å². The Morgan fingerprint density at radius 1 is 1.36 bits per heavy atom. The minimum atomic E-state index is -0.983. The molecule has 3 rings (SSSR count). The van der Waals surface area contributed by atoms with E-state index in [1.54, 1.807) is 6.07 Å². The number of H-pyrrole nitrogens is 1. The van der Waals surface area contributed by atoms with E-state index in [9.17, 15) is 9.90 Å². The molecule has 0 aliphatic rings. The molecule has 3 aromatic rings. The molecule has 0 spiro atoms. The van der Waals surface area contributed by atoms with Gasteiger partial charge in [-0.25, -0.2) is 9.78 Å². The maximum absolute atomic E-state index is 11.1. The minimum absolute atomic E-state index is 0.164. The second kappa shape index (κ2) is 7.29. The molecule has 0 unspecified atom stereocenters. The number of imidazole rings is 1. The first-order valence-electron chi connectivity index (χ1n) is 8.23. The van der Waals surface area contributed by atoms with E-state index < -0.39 is 5.97 Å². The highest BCUT2D eigenvalue weighted by Crippen LogP contribution is 2.23. The number of unbranched alkanes of at least 4 members (excludes halogenated alkanes) is 1. The molecule has 132 valence electrons. The van der Waals surface area contributed by atoms with Crippen LogP contribution in [0.4, 0.5) is 0 Å². The first-order chi connectivity index (χ1) is 12.0. The van der Waals surface area contributed by atoms with Gasteiger partial charge in [0.05, 0.1) is 12.3 Å². The standard InChI is InChI=1S/C18H20ClN3O3/c1-2-3-4-16-21-17(19)15(10-23)22(16)9-11-5-6-13-12(7-11)8-14(20-13)18(24)25/h5-8,20,23H,2-4,9-10H2,1H3,(H,24,25). The molecule has 25 heavy (non-hydrogen) atoms. The number of fused-ring (bicyclic) bond motifs is 1. The van der Waals surface area contributed by atoms with Crippen molar-refractivity contribution in [2.45, 2.75) is 39.3 Å². The van der Waals surface area contributed by atoms with E-state index in [0.717, 1.165) is 41.6 Å². The summed E-state index contributed by atoms with van der Waals surface area (Å²) in [5.41, 5.74) is 2.54. The Bertz CT molecular complexity index is 914. The summed E-state index contributed by atoms with van der Waals surface area (Å²) >= 11 is 6.17. The number of carboxylic acids is 1. The molecule has 2 aromatic heterocycles. The van der Waals surface area contributed by atoms with Crippen LogP contribution in [0.15, 0.2) is 24.3 Å². The summed E-state index contributed by atoms with van der Waals surface area (Å²) in [5, 5.41) is 19.9. The van der Waals surface area contributed by atoms with Crippen LogP contribution >= 0.6 is 11.6 Å². The van der Waals surface area contributed by atoms with E-state index in [1.807, 2.05) is 22.8 Å². The van der Waals surface area contributed by atoms with Gasteiger partial charge in [-0.05, 0) is 30.2 Å². The maximum atomic E-state index is 11.1. The van der Waals surface area contributed by atoms with E-state index in [0.29, 0.717) is 17.4 Å². The number of aromatic nitrogens is 3. The predicted octanol–water partition coefficient (Wildman–Crippen LogP) is 3.60. The first-order valence-corrected chi connectivity index (χ1v) is 8.60. The van der Waals surface area contributed by atoms with Crippen LogP contribution in [0, 0.1) is 0 Å². The average Bonchev–Trinajstić information content (AvgIpc) is 3.13. The number of aromatic amines is 1. The lowest BCUT2D eigenvalue weighted by molar-refractivity contribution is 0.0691. The first kappa shape index (κ1) is 17.5. The zero-order valence-corrected chi connectivity index (χ0v) is 14.7. The van der Waals surface area contributed by atoms with Crippen molar-refractivity contribution in [1.29, 1.82) is 0 Å². The van der Waals surface area contributed by atoms with E-state index in [2.05, 4.69) is 16.9 Å². The van der Waals surface area contributed by atoms with Crippen molar-refractivity contribution in [2.24, 2.45) is 0 Å². The Balaban J connectivity index is 1.95. The summed E-state index contributed by atoms with van der Waals surface area (Å²) in [6.45, 7) is 2.47. The third kappa shape index (κ3) is 3.55. The number of aromatic carboxylic acids is 1. The Morgan fingerprint density at radius 2 is 2.16 bits per heavy atom. The van der Waals surface area contributed by atoms with Gasteiger partial charge in [-0.2, -0.15) is 0 Å². The van der Waals surface area contributed by atoms with Gasteiger partial charge >= 0.3 is 5.97 Å². The van der Waals surface area contributed by atoms with Crippen LogP contribution < -0.4 is 0 Å². The molecule has 3 N–H and O–H groups in total. The van der Waals surface area contributed by atoms with E-state index >= 15 is 0 Å². The number of carbonyl (C=O) groups is 1. The van der Waals surface area contributed by atoms with Crippen LogP contribution in [0.1, 0.15) is 47.3 Å². The molecule has 0 fully saturated rings. The molecule has 7 heteroatoms. The summed E-state index contributed by atoms with van der Waals surface area (Å²) in [6.07, 6.45) is 2.84. The zero-order valence-electron chi connectivity index (χ0n) is 13.9. The molecule has 2 heterocycles. The highest BCUT2D eigenvalue weighted by atomic mass is 35.5. The van der Waals surface area contributed by atoms with Gasteiger partial charge < -0.3 is 19.8 Å². The molecule has 0 aliphatic carbocycles. The lowest BCUT2D eigenvalue weighted by Gasteiger charge is -2.11. The quantitative estimate of drug-likeness (QED) is 0.599. The number of aryl methyl sites for hydroxylation is 1. The number of rotatable bonds is 7. The topological polar surface area (TPSA) is 91.1 Å². The largest absolute Gasteiger partial charge is 0.477 e. The second-order valence-corrected chi connectivity index (χ2v) is 6.38. The Morgan fingerprint density at radius 3 is 2.84 bits per heavy atom. The van der Waals surface area contributed by atoms with Gasteiger partial charge in [0.2, 0.25) is 0 Å². The minimum Gasteiger partial charge on any atom is -0.477 e. The molecule has 0 radical (unpaired) electrons. The molecule has 1 aromatic carbocycles. The third-order valence-electron chi connectivity index (χ3n) is 4.26. The van der Waals surface area contributed by atoms with Gasteiger partial charge in [0.25, 0.3) is 0 Å². The number of carboxylic acid groups (broad SMARTS) is 1. The monoisotopic (exact) mass is 361 g/mol. The molecule has 0 saturated heterocycles. The van der Waals surface area contributed by atoms with Crippen LogP contribution in [0.5, 0.6) is 0 Å². The van der Waals surface area contributed by atoms with Crippen molar-refractivity contribution in [3.8, 4) is 0 Å². The van der Waals surface area contributed by atoms with Crippen molar-refractivity contribution < 1.29 is 15.0 Å². The highest BCUT2D eigenvalue weighted by Gasteiger charge is 2.15. The van der Waals surface area contributed by atoms with Crippen molar-refractivity contribution in [3.05, 3.63) is 52.2 Å². The van der Waals surface area contributed by atoms with Gasteiger partial charge in [0.1, 0.15) is 11.5 Å². The van der Waals surface area contributed by atoms with Crippen molar-refractivity contribution in [3.63, 3.8) is 0 Å². The van der Waals surface area contributed by atoms with Gasteiger partial charge in [0.15, 0.2) is 5.15 Å². The smallest absolute Gasteiger partial charge is 0.352 e. The maximum Gasteiger partial charge on any atom is 0.352 e. The molecule has 0 bridgehead atoms. The van der Waals surface area contributed by atoms with Crippen LogP contribution in [-0.4, -0.2) is 30.7 Å². The molecule has 0 amide bonds. The van der Waals surface area contributed by atoms with Crippen LogP contribution in [-0.2, 0) is 19.6 Å². The highest BCUT2D eigenvalue weighted by molar-refractivity contribution is 6.30.